The molecule has 0 aromatic heterocycles. The monoisotopic (exact) mass is 242 g/mol. The quantitative estimate of drug-likeness (QED) is 0.590. The van der Waals surface area contributed by atoms with Gasteiger partial charge >= 0.3 is 0 Å². The van der Waals surface area contributed by atoms with Gasteiger partial charge in [-0.2, -0.15) is 0 Å². The first-order chi connectivity index (χ1) is 5.41. The van der Waals surface area contributed by atoms with Crippen LogP contribution in [0.25, 0.3) is 0 Å². The zero-order valence-corrected chi connectivity index (χ0v) is 9.27. The van der Waals surface area contributed by atoms with Crippen LogP contribution in [-0.4, -0.2) is 0 Å². The molecule has 0 atom stereocenters. The molecule has 1 rings (SSSR count). The highest BCUT2D eigenvalue weighted by atomic mass is 35.6. The summed E-state index contributed by atoms with van der Waals surface area (Å²) in [4.78, 5) is 0. The second-order valence-electron chi connectivity index (χ2n) is 2.48. The Morgan fingerprint density at radius 3 is 2.17 bits per heavy atom. The number of rotatable bonds is 0. The molecular weight excluding hydrogens is 238 g/mol. The van der Waals surface area contributed by atoms with Crippen molar-refractivity contribution < 1.29 is 0 Å². The van der Waals surface area contributed by atoms with Crippen molar-refractivity contribution in [3.8, 4) is 0 Å². The Bertz CT molecular complexity index is 288. The molecule has 0 heterocycles. The average Bonchev–Trinajstić information content (AvgIpc) is 1.83. The number of hydrogen-bond donors (Lipinski definition) is 0. The Hall–Kier alpha value is 0.380. The number of alkyl halides is 3. The van der Waals surface area contributed by atoms with Crippen molar-refractivity contribution in [1.82, 2.24) is 0 Å². The van der Waals surface area contributed by atoms with Gasteiger partial charge in [0.15, 0.2) is 0 Å². The van der Waals surface area contributed by atoms with Gasteiger partial charge in [-0.15, -0.1) is 0 Å². The minimum Gasteiger partial charge on any atom is -0.0839 e. The lowest BCUT2D eigenvalue weighted by Gasteiger charge is -2.12. The van der Waals surface area contributed by atoms with Crippen LogP contribution in [0.15, 0.2) is 18.2 Å². The normalized spacial score (nSPS) is 11.8. The number of benzene rings is 1. The van der Waals surface area contributed by atoms with Gasteiger partial charge in [0.1, 0.15) is 0 Å². The van der Waals surface area contributed by atoms with Crippen molar-refractivity contribution in [2.75, 3.05) is 0 Å². The third kappa shape index (κ3) is 2.43. The van der Waals surface area contributed by atoms with E-state index in [0.29, 0.717) is 10.6 Å². The van der Waals surface area contributed by atoms with Crippen molar-refractivity contribution in [2.45, 2.75) is 10.7 Å². The van der Waals surface area contributed by atoms with E-state index in [9.17, 15) is 0 Å². The van der Waals surface area contributed by atoms with Crippen molar-refractivity contribution in [1.29, 1.82) is 0 Å². The van der Waals surface area contributed by atoms with Crippen molar-refractivity contribution in [2.24, 2.45) is 0 Å². The molecular formula is C8H6Cl4. The highest BCUT2D eigenvalue weighted by Crippen LogP contribution is 2.41. The van der Waals surface area contributed by atoms with E-state index < -0.39 is 3.79 Å². The summed E-state index contributed by atoms with van der Waals surface area (Å²) in [6, 6.07) is 5.33. The molecule has 0 aliphatic carbocycles. The highest BCUT2D eigenvalue weighted by Gasteiger charge is 2.25. The molecule has 0 bridgehead atoms. The summed E-state index contributed by atoms with van der Waals surface area (Å²) in [6.45, 7) is 1.92. The Kier molecular flexibility index (Phi) is 3.16. The van der Waals surface area contributed by atoms with Gasteiger partial charge in [-0.3, -0.25) is 0 Å². The Morgan fingerprint density at radius 1 is 1.17 bits per heavy atom. The largest absolute Gasteiger partial charge is 0.217 e. The standard InChI is InChI=1S/C8H6Cl4/c1-5-2-3-6(7(9)4-5)8(10,11)12/h2-4H,1H3. The molecule has 0 nitrogen and oxygen atoms in total. The van der Waals surface area contributed by atoms with E-state index in [2.05, 4.69) is 0 Å². The zero-order valence-electron chi connectivity index (χ0n) is 6.24. The van der Waals surface area contributed by atoms with E-state index in [4.69, 9.17) is 46.4 Å². The minimum atomic E-state index is -1.44. The maximum Gasteiger partial charge on any atom is 0.217 e. The molecule has 0 unspecified atom stereocenters. The van der Waals surface area contributed by atoms with Crippen LogP contribution in [0.5, 0.6) is 0 Å². The molecule has 0 N–H and O–H groups in total. The predicted octanol–water partition coefficient (Wildman–Crippen LogP) is 4.48. The molecule has 1 aromatic rings. The molecule has 0 spiro atoms. The summed E-state index contributed by atoms with van der Waals surface area (Å²) >= 11 is 22.8. The fourth-order valence-electron chi connectivity index (χ4n) is 0.850. The average molecular weight is 244 g/mol. The molecule has 4 heteroatoms. The fourth-order valence-corrected chi connectivity index (χ4v) is 1.87. The minimum absolute atomic E-state index is 0.481. The second kappa shape index (κ2) is 3.63. The lowest BCUT2D eigenvalue weighted by atomic mass is 10.2. The van der Waals surface area contributed by atoms with Gasteiger partial charge in [0, 0.05) is 10.6 Å². The summed E-state index contributed by atoms with van der Waals surface area (Å²) in [5.41, 5.74) is 1.55. The van der Waals surface area contributed by atoms with Gasteiger partial charge in [0.25, 0.3) is 0 Å². The SMILES string of the molecule is Cc1ccc(C(Cl)(Cl)Cl)c(Cl)c1. The van der Waals surface area contributed by atoms with Crippen LogP contribution < -0.4 is 0 Å². The van der Waals surface area contributed by atoms with Gasteiger partial charge in [-0.25, -0.2) is 0 Å². The first-order valence-corrected chi connectivity index (χ1v) is 4.76. The van der Waals surface area contributed by atoms with Crippen LogP contribution in [0.1, 0.15) is 11.1 Å². The Balaban J connectivity index is 3.19. The van der Waals surface area contributed by atoms with Crippen LogP contribution in [-0.2, 0) is 3.79 Å². The molecule has 0 fully saturated rings. The van der Waals surface area contributed by atoms with E-state index in [0.717, 1.165) is 5.56 Å². The van der Waals surface area contributed by atoms with Gasteiger partial charge in [-0.05, 0) is 18.6 Å². The van der Waals surface area contributed by atoms with Crippen LogP contribution >= 0.6 is 46.4 Å². The van der Waals surface area contributed by atoms with E-state index in [1.165, 1.54) is 0 Å². The van der Waals surface area contributed by atoms with Gasteiger partial charge in [-0.1, -0.05) is 58.5 Å². The fraction of sp³-hybridized carbons (Fsp3) is 0.250. The third-order valence-electron chi connectivity index (χ3n) is 1.43. The summed E-state index contributed by atoms with van der Waals surface area (Å²) in [7, 11) is 0. The molecule has 0 saturated carbocycles. The predicted molar refractivity (Wildman–Crippen MR) is 55.4 cm³/mol. The van der Waals surface area contributed by atoms with Crippen molar-refractivity contribution in [3.63, 3.8) is 0 Å². The molecule has 1 aromatic carbocycles. The topological polar surface area (TPSA) is 0 Å². The Labute approximate surface area is 91.4 Å². The van der Waals surface area contributed by atoms with Crippen LogP contribution in [0, 0.1) is 6.92 Å². The Morgan fingerprint density at radius 2 is 1.75 bits per heavy atom. The summed E-state index contributed by atoms with van der Waals surface area (Å²) < 4.78 is -1.44. The van der Waals surface area contributed by atoms with Crippen LogP contribution in [0.3, 0.4) is 0 Å². The van der Waals surface area contributed by atoms with Crippen LogP contribution in [0.2, 0.25) is 5.02 Å². The first-order valence-electron chi connectivity index (χ1n) is 3.24. The molecule has 0 saturated heterocycles. The van der Waals surface area contributed by atoms with E-state index in [1.807, 2.05) is 13.0 Å². The molecule has 66 valence electrons. The third-order valence-corrected chi connectivity index (χ3v) is 2.35. The number of halogens is 4. The number of aryl methyl sites for hydroxylation is 1. The van der Waals surface area contributed by atoms with Gasteiger partial charge in [0.2, 0.25) is 3.79 Å². The summed E-state index contributed by atoms with van der Waals surface area (Å²) in [5, 5.41) is 0.481. The van der Waals surface area contributed by atoms with Gasteiger partial charge in [0.05, 0.1) is 0 Å². The molecule has 0 aliphatic rings. The van der Waals surface area contributed by atoms with E-state index in [-0.39, 0.29) is 0 Å². The maximum absolute atomic E-state index is 5.86. The zero-order chi connectivity index (χ0) is 9.35. The van der Waals surface area contributed by atoms with Crippen molar-refractivity contribution >= 4 is 46.4 Å². The molecule has 0 aliphatic heterocycles. The first kappa shape index (κ1) is 10.5. The maximum atomic E-state index is 5.86. The van der Waals surface area contributed by atoms with E-state index >= 15 is 0 Å². The van der Waals surface area contributed by atoms with Crippen LogP contribution in [0.4, 0.5) is 0 Å². The molecule has 0 radical (unpaired) electrons. The summed E-state index contributed by atoms with van der Waals surface area (Å²) in [6.07, 6.45) is 0. The molecule has 12 heavy (non-hydrogen) atoms. The second-order valence-corrected chi connectivity index (χ2v) is 5.17. The van der Waals surface area contributed by atoms with Crippen molar-refractivity contribution in [3.05, 3.63) is 34.3 Å². The summed E-state index contributed by atoms with van der Waals surface area (Å²) in [5.74, 6) is 0. The van der Waals surface area contributed by atoms with E-state index in [1.54, 1.807) is 12.1 Å². The number of hydrogen-bond acceptors (Lipinski definition) is 0. The smallest absolute Gasteiger partial charge is 0.0839 e. The lowest BCUT2D eigenvalue weighted by molar-refractivity contribution is 1.23. The lowest BCUT2D eigenvalue weighted by Crippen LogP contribution is -2.00. The highest BCUT2D eigenvalue weighted by molar-refractivity contribution is 6.67. The van der Waals surface area contributed by atoms with Gasteiger partial charge < -0.3 is 0 Å². The molecule has 0 amide bonds.